The van der Waals surface area contributed by atoms with E-state index in [1.807, 2.05) is 36.4 Å². The smallest absolute Gasteiger partial charge is 0.130 e. The number of ketones is 1. The predicted molar refractivity (Wildman–Crippen MR) is 83.9 cm³/mol. The Morgan fingerprint density at radius 1 is 1.40 bits per heavy atom. The molecule has 104 valence electrons. The third-order valence-corrected chi connectivity index (χ3v) is 3.30. The van der Waals surface area contributed by atoms with E-state index in [9.17, 15) is 4.79 Å². The molecule has 0 aliphatic carbocycles. The van der Waals surface area contributed by atoms with E-state index in [0.717, 1.165) is 28.9 Å². The summed E-state index contributed by atoms with van der Waals surface area (Å²) >= 11 is 5.71. The maximum atomic E-state index is 10.9. The van der Waals surface area contributed by atoms with Crippen LogP contribution in [0.1, 0.15) is 30.9 Å². The molecule has 3 heteroatoms. The number of hydrogen-bond acceptors (Lipinski definition) is 2. The van der Waals surface area contributed by atoms with Crippen LogP contribution < -0.4 is 4.74 Å². The standard InChI is InChI=1S/C17H17ClO2/c1-13(19)4-2-3-5-14-7-9-17-16(10-14)8-6-15(11-18)12-20-17/h3,5-11H,2,4,12H2,1H3/b5-3+,15-11-. The first-order chi connectivity index (χ1) is 9.69. The van der Waals surface area contributed by atoms with E-state index in [1.54, 1.807) is 6.92 Å². The number of benzene rings is 1. The summed E-state index contributed by atoms with van der Waals surface area (Å²) in [6, 6.07) is 6.03. The van der Waals surface area contributed by atoms with E-state index in [2.05, 4.69) is 6.07 Å². The summed E-state index contributed by atoms with van der Waals surface area (Å²) in [6.07, 6.45) is 9.38. The normalized spacial score (nSPS) is 16.0. The fraction of sp³-hybridized carbons (Fsp3) is 0.235. The first-order valence-electron chi connectivity index (χ1n) is 6.59. The molecule has 0 unspecified atom stereocenters. The van der Waals surface area contributed by atoms with Crippen molar-refractivity contribution in [3.05, 3.63) is 52.6 Å². The largest absolute Gasteiger partial charge is 0.488 e. The maximum absolute atomic E-state index is 10.9. The van der Waals surface area contributed by atoms with Crippen LogP contribution >= 0.6 is 11.6 Å². The SMILES string of the molecule is CC(=O)CC/C=C/c1ccc2c(c1)C=C/C(=C/Cl)CO2. The van der Waals surface area contributed by atoms with Gasteiger partial charge in [-0.05, 0) is 31.0 Å². The molecule has 0 N–H and O–H groups in total. The van der Waals surface area contributed by atoms with Gasteiger partial charge < -0.3 is 9.53 Å². The van der Waals surface area contributed by atoms with Crippen LogP contribution in [0.2, 0.25) is 0 Å². The van der Waals surface area contributed by atoms with E-state index >= 15 is 0 Å². The fourth-order valence-corrected chi connectivity index (χ4v) is 2.05. The lowest BCUT2D eigenvalue weighted by Gasteiger charge is -2.07. The molecule has 0 fully saturated rings. The summed E-state index contributed by atoms with van der Waals surface area (Å²) in [5, 5.41) is 0. The number of fused-ring (bicyclic) bond motifs is 1. The molecule has 0 spiro atoms. The van der Waals surface area contributed by atoms with Crippen molar-refractivity contribution in [1.82, 2.24) is 0 Å². The van der Waals surface area contributed by atoms with Gasteiger partial charge in [-0.2, -0.15) is 0 Å². The molecule has 1 aliphatic rings. The summed E-state index contributed by atoms with van der Waals surface area (Å²) < 4.78 is 5.68. The maximum Gasteiger partial charge on any atom is 0.130 e. The highest BCUT2D eigenvalue weighted by atomic mass is 35.5. The third-order valence-electron chi connectivity index (χ3n) is 3.02. The fourth-order valence-electron chi connectivity index (χ4n) is 1.91. The number of carbonyl (C=O) groups excluding carboxylic acids is 1. The van der Waals surface area contributed by atoms with Crippen molar-refractivity contribution in [2.24, 2.45) is 0 Å². The zero-order valence-electron chi connectivity index (χ0n) is 11.4. The molecular formula is C17H17ClO2. The Morgan fingerprint density at radius 3 is 3.00 bits per heavy atom. The zero-order chi connectivity index (χ0) is 14.4. The first-order valence-corrected chi connectivity index (χ1v) is 7.03. The monoisotopic (exact) mass is 288 g/mol. The molecule has 2 nitrogen and oxygen atoms in total. The van der Waals surface area contributed by atoms with Gasteiger partial charge in [-0.15, -0.1) is 0 Å². The Bertz CT molecular complexity index is 583. The highest BCUT2D eigenvalue weighted by molar-refractivity contribution is 6.25. The molecule has 0 radical (unpaired) electrons. The molecule has 1 aromatic carbocycles. The number of rotatable bonds is 4. The van der Waals surface area contributed by atoms with Crippen molar-refractivity contribution in [3.8, 4) is 5.75 Å². The lowest BCUT2D eigenvalue weighted by Crippen LogP contribution is -1.97. The van der Waals surface area contributed by atoms with Gasteiger partial charge in [0.15, 0.2) is 0 Å². The van der Waals surface area contributed by atoms with Crippen molar-refractivity contribution in [2.45, 2.75) is 19.8 Å². The molecule has 1 aliphatic heterocycles. The molecule has 2 rings (SSSR count). The van der Waals surface area contributed by atoms with Crippen LogP contribution in [0.4, 0.5) is 0 Å². The number of allylic oxidation sites excluding steroid dienone is 1. The minimum Gasteiger partial charge on any atom is -0.488 e. The van der Waals surface area contributed by atoms with E-state index < -0.39 is 0 Å². The van der Waals surface area contributed by atoms with Gasteiger partial charge in [0.2, 0.25) is 0 Å². The Balaban J connectivity index is 2.11. The van der Waals surface area contributed by atoms with Gasteiger partial charge in [-0.1, -0.05) is 42.0 Å². The van der Waals surface area contributed by atoms with Crippen LogP contribution in [0, 0.1) is 0 Å². The lowest BCUT2D eigenvalue weighted by molar-refractivity contribution is -0.116. The van der Waals surface area contributed by atoms with Crippen LogP contribution in [-0.2, 0) is 4.79 Å². The summed E-state index contributed by atoms with van der Waals surface area (Å²) in [7, 11) is 0. The Hall–Kier alpha value is -1.80. The quantitative estimate of drug-likeness (QED) is 0.809. The Morgan fingerprint density at radius 2 is 2.25 bits per heavy atom. The lowest BCUT2D eigenvalue weighted by atomic mass is 10.1. The summed E-state index contributed by atoms with van der Waals surface area (Å²) in [5.74, 6) is 1.07. The van der Waals surface area contributed by atoms with Crippen LogP contribution in [0.3, 0.4) is 0 Å². The molecule has 0 saturated carbocycles. The molecule has 0 amide bonds. The second-order valence-electron chi connectivity index (χ2n) is 4.75. The average molecular weight is 289 g/mol. The summed E-state index contributed by atoms with van der Waals surface area (Å²) in [6.45, 7) is 2.10. The van der Waals surface area contributed by atoms with Crippen molar-refractivity contribution < 1.29 is 9.53 Å². The average Bonchev–Trinajstić information content (AvgIpc) is 2.65. The molecule has 1 heterocycles. The molecule has 20 heavy (non-hydrogen) atoms. The van der Waals surface area contributed by atoms with E-state index in [4.69, 9.17) is 16.3 Å². The second-order valence-corrected chi connectivity index (χ2v) is 4.96. The van der Waals surface area contributed by atoms with Crippen molar-refractivity contribution in [3.63, 3.8) is 0 Å². The summed E-state index contributed by atoms with van der Waals surface area (Å²) in [4.78, 5) is 10.9. The minimum absolute atomic E-state index is 0.216. The van der Waals surface area contributed by atoms with Gasteiger partial charge in [0.25, 0.3) is 0 Å². The molecule has 0 bridgehead atoms. The number of carbonyl (C=O) groups is 1. The van der Waals surface area contributed by atoms with Gasteiger partial charge in [-0.25, -0.2) is 0 Å². The first kappa shape index (κ1) is 14.6. The van der Waals surface area contributed by atoms with Gasteiger partial charge in [0.05, 0.1) is 0 Å². The molecule has 1 aromatic rings. The summed E-state index contributed by atoms with van der Waals surface area (Å²) in [5.41, 5.74) is 4.61. The van der Waals surface area contributed by atoms with Gasteiger partial charge in [0.1, 0.15) is 18.1 Å². The van der Waals surface area contributed by atoms with Crippen LogP contribution in [0.5, 0.6) is 5.75 Å². The molecule has 0 saturated heterocycles. The highest BCUT2D eigenvalue weighted by Gasteiger charge is 2.07. The van der Waals surface area contributed by atoms with Crippen LogP contribution in [0.15, 0.2) is 41.5 Å². The molecular weight excluding hydrogens is 272 g/mol. The molecule has 0 aromatic heterocycles. The van der Waals surface area contributed by atoms with Crippen molar-refractivity contribution >= 4 is 29.5 Å². The van der Waals surface area contributed by atoms with Crippen LogP contribution in [-0.4, -0.2) is 12.4 Å². The second kappa shape index (κ2) is 7.11. The Kier molecular flexibility index (Phi) is 5.19. The van der Waals surface area contributed by atoms with Crippen LogP contribution in [0.25, 0.3) is 12.2 Å². The van der Waals surface area contributed by atoms with Crippen molar-refractivity contribution in [2.75, 3.05) is 6.61 Å². The highest BCUT2D eigenvalue weighted by Crippen LogP contribution is 2.26. The van der Waals surface area contributed by atoms with Crippen molar-refractivity contribution in [1.29, 1.82) is 0 Å². The topological polar surface area (TPSA) is 26.3 Å². The number of ether oxygens (including phenoxy) is 1. The molecule has 0 atom stereocenters. The van der Waals surface area contributed by atoms with E-state index in [1.165, 1.54) is 5.54 Å². The number of halogens is 1. The van der Waals surface area contributed by atoms with Gasteiger partial charge in [-0.3, -0.25) is 0 Å². The predicted octanol–water partition coefficient (Wildman–Crippen LogP) is 4.60. The van der Waals surface area contributed by atoms with E-state index in [-0.39, 0.29) is 5.78 Å². The van der Waals surface area contributed by atoms with E-state index in [0.29, 0.717) is 13.0 Å². The zero-order valence-corrected chi connectivity index (χ0v) is 12.2. The number of hydrogen-bond donors (Lipinski definition) is 0. The van der Waals surface area contributed by atoms with Gasteiger partial charge in [0, 0.05) is 23.1 Å². The number of Topliss-reactive ketones (excluding diaryl/α,β-unsaturated/α-hetero) is 1. The Labute approximate surface area is 124 Å². The minimum atomic E-state index is 0.216. The third kappa shape index (κ3) is 4.10. The van der Waals surface area contributed by atoms with Gasteiger partial charge >= 0.3 is 0 Å².